The number of carboxylic acids is 1. The first-order valence-corrected chi connectivity index (χ1v) is 6.67. The largest absolute Gasteiger partial charge is 0.478 e. The molecule has 2 N–H and O–H groups in total. The van der Waals surface area contributed by atoms with Gasteiger partial charge in [0, 0.05) is 13.0 Å². The van der Waals surface area contributed by atoms with Crippen molar-refractivity contribution in [3.05, 3.63) is 35.1 Å². The summed E-state index contributed by atoms with van der Waals surface area (Å²) in [5, 5.41) is 11.3. The van der Waals surface area contributed by atoms with Crippen molar-refractivity contribution >= 4 is 12.1 Å². The fourth-order valence-electron chi connectivity index (χ4n) is 1.45. The summed E-state index contributed by atoms with van der Waals surface area (Å²) < 4.78 is 18.6. The van der Waals surface area contributed by atoms with Crippen LogP contribution in [0.5, 0.6) is 0 Å². The molecule has 0 heterocycles. The molecule has 0 saturated heterocycles. The van der Waals surface area contributed by atoms with E-state index < -0.39 is 23.5 Å². The number of carbonyl (C=O) groups excluding carboxylic acids is 1. The number of aromatic carboxylic acids is 1. The Morgan fingerprint density at radius 1 is 1.36 bits per heavy atom. The lowest BCUT2D eigenvalue weighted by Gasteiger charge is -2.19. The highest BCUT2D eigenvalue weighted by atomic mass is 19.1. The van der Waals surface area contributed by atoms with Crippen molar-refractivity contribution in [2.45, 2.75) is 32.8 Å². The van der Waals surface area contributed by atoms with Crippen LogP contribution in [0.3, 0.4) is 0 Å². The van der Waals surface area contributed by atoms with Gasteiger partial charge in [0.2, 0.25) is 0 Å². The molecule has 1 aromatic rings. The molecule has 118 valence electrons. The SMILES string of the molecule is CC(C)(C)OC(=O)NCCC#Cc1ccc(C(=O)O)cc1F. The molecule has 0 fully saturated rings. The van der Waals surface area contributed by atoms with Gasteiger partial charge in [-0.05, 0) is 39.0 Å². The number of amides is 1. The van der Waals surface area contributed by atoms with Gasteiger partial charge in [0.1, 0.15) is 11.4 Å². The Bertz CT molecular complexity index is 623. The molecule has 1 rings (SSSR count). The third-order valence-corrected chi connectivity index (χ3v) is 2.36. The third-order valence-electron chi connectivity index (χ3n) is 2.36. The van der Waals surface area contributed by atoms with E-state index in [4.69, 9.17) is 9.84 Å². The maximum atomic E-state index is 13.6. The zero-order valence-electron chi connectivity index (χ0n) is 12.7. The monoisotopic (exact) mass is 307 g/mol. The van der Waals surface area contributed by atoms with Crippen LogP contribution in [0, 0.1) is 17.7 Å². The number of carboxylic acid groups (broad SMARTS) is 1. The molecule has 6 heteroatoms. The Balaban J connectivity index is 2.48. The van der Waals surface area contributed by atoms with E-state index in [0.29, 0.717) is 6.42 Å². The van der Waals surface area contributed by atoms with Gasteiger partial charge in [-0.15, -0.1) is 0 Å². The second-order valence-electron chi connectivity index (χ2n) is 5.48. The molecule has 0 aliphatic rings. The molecule has 0 aliphatic heterocycles. The van der Waals surface area contributed by atoms with E-state index in [1.807, 2.05) is 0 Å². The first kappa shape index (κ1) is 17.5. The van der Waals surface area contributed by atoms with Crippen molar-refractivity contribution in [3.8, 4) is 11.8 Å². The van der Waals surface area contributed by atoms with Crippen LogP contribution >= 0.6 is 0 Å². The summed E-state index contributed by atoms with van der Waals surface area (Å²) in [6, 6.07) is 3.52. The second kappa shape index (κ2) is 7.46. The fourth-order valence-corrected chi connectivity index (χ4v) is 1.45. The van der Waals surface area contributed by atoms with Gasteiger partial charge in [-0.3, -0.25) is 0 Å². The van der Waals surface area contributed by atoms with Gasteiger partial charge in [-0.1, -0.05) is 11.8 Å². The summed E-state index contributed by atoms with van der Waals surface area (Å²) in [6.07, 6.45) is -0.217. The Morgan fingerprint density at radius 2 is 2.05 bits per heavy atom. The number of rotatable bonds is 3. The molecule has 0 aromatic heterocycles. The summed E-state index contributed by atoms with van der Waals surface area (Å²) in [5.41, 5.74) is -0.581. The summed E-state index contributed by atoms with van der Waals surface area (Å²) in [4.78, 5) is 22.0. The van der Waals surface area contributed by atoms with Gasteiger partial charge >= 0.3 is 12.1 Å². The smallest absolute Gasteiger partial charge is 0.407 e. The number of alkyl carbamates (subject to hydrolysis) is 1. The highest BCUT2D eigenvalue weighted by Crippen LogP contribution is 2.09. The minimum Gasteiger partial charge on any atom is -0.478 e. The maximum absolute atomic E-state index is 13.6. The van der Waals surface area contributed by atoms with Crippen LogP contribution in [-0.4, -0.2) is 29.3 Å². The van der Waals surface area contributed by atoms with Crippen molar-refractivity contribution in [1.82, 2.24) is 5.32 Å². The molecule has 5 nitrogen and oxygen atoms in total. The topological polar surface area (TPSA) is 75.6 Å². The van der Waals surface area contributed by atoms with Gasteiger partial charge in [-0.2, -0.15) is 0 Å². The Kier molecular flexibility index (Phi) is 5.93. The summed E-state index contributed by atoms with van der Waals surface area (Å²) >= 11 is 0. The van der Waals surface area contributed by atoms with Crippen LogP contribution in [0.2, 0.25) is 0 Å². The van der Waals surface area contributed by atoms with Crippen LogP contribution in [0.25, 0.3) is 0 Å². The Morgan fingerprint density at radius 3 is 2.59 bits per heavy atom. The number of ether oxygens (including phenoxy) is 1. The number of benzene rings is 1. The molecule has 0 unspecified atom stereocenters. The van der Waals surface area contributed by atoms with E-state index in [-0.39, 0.29) is 17.7 Å². The minimum atomic E-state index is -1.19. The molecular weight excluding hydrogens is 289 g/mol. The minimum absolute atomic E-state index is 0.113. The summed E-state index contributed by atoms with van der Waals surface area (Å²) in [7, 11) is 0. The van der Waals surface area contributed by atoms with E-state index in [2.05, 4.69) is 17.2 Å². The predicted molar refractivity (Wildman–Crippen MR) is 79.1 cm³/mol. The van der Waals surface area contributed by atoms with E-state index in [9.17, 15) is 14.0 Å². The third kappa shape index (κ3) is 6.27. The average Bonchev–Trinajstić information content (AvgIpc) is 2.37. The van der Waals surface area contributed by atoms with Crippen molar-refractivity contribution in [1.29, 1.82) is 0 Å². The maximum Gasteiger partial charge on any atom is 0.407 e. The normalized spacial score (nSPS) is 10.4. The predicted octanol–water partition coefficient (Wildman–Crippen LogP) is 2.79. The summed E-state index contributed by atoms with van der Waals surface area (Å²) in [5.74, 6) is 3.41. The molecule has 0 bridgehead atoms. The molecule has 0 saturated carbocycles. The van der Waals surface area contributed by atoms with Gasteiger partial charge < -0.3 is 15.2 Å². The van der Waals surface area contributed by atoms with E-state index in [1.54, 1.807) is 20.8 Å². The van der Waals surface area contributed by atoms with Crippen molar-refractivity contribution in [2.75, 3.05) is 6.54 Å². The van der Waals surface area contributed by atoms with Crippen LogP contribution in [0.1, 0.15) is 43.1 Å². The zero-order chi connectivity index (χ0) is 16.8. The lowest BCUT2D eigenvalue weighted by molar-refractivity contribution is 0.0528. The standard InChI is InChI=1S/C16H18FNO4/c1-16(2,3)22-15(21)18-9-5-4-6-11-7-8-12(14(19)20)10-13(11)17/h7-8,10H,5,9H2,1-3H3,(H,18,21)(H,19,20). The van der Waals surface area contributed by atoms with Crippen LogP contribution in [0.15, 0.2) is 18.2 Å². The van der Waals surface area contributed by atoms with Gasteiger partial charge in [0.05, 0.1) is 11.1 Å². The molecule has 1 amide bonds. The van der Waals surface area contributed by atoms with Gasteiger partial charge in [0.15, 0.2) is 0 Å². The fraction of sp³-hybridized carbons (Fsp3) is 0.375. The number of nitrogens with one attached hydrogen (secondary N) is 1. The molecular formula is C16H18FNO4. The van der Waals surface area contributed by atoms with Crippen molar-refractivity contribution in [2.24, 2.45) is 0 Å². The quantitative estimate of drug-likeness (QED) is 0.665. The number of carbonyl (C=O) groups is 2. The van der Waals surface area contributed by atoms with Crippen molar-refractivity contribution < 1.29 is 23.8 Å². The number of hydrogen-bond donors (Lipinski definition) is 2. The molecule has 0 aliphatic carbocycles. The Labute approximate surface area is 128 Å². The lowest BCUT2D eigenvalue weighted by atomic mass is 10.1. The lowest BCUT2D eigenvalue weighted by Crippen LogP contribution is -2.32. The number of halogens is 1. The van der Waals surface area contributed by atoms with E-state index in [1.165, 1.54) is 12.1 Å². The first-order valence-electron chi connectivity index (χ1n) is 6.67. The first-order chi connectivity index (χ1) is 10.2. The van der Waals surface area contributed by atoms with E-state index in [0.717, 1.165) is 6.07 Å². The van der Waals surface area contributed by atoms with E-state index >= 15 is 0 Å². The van der Waals surface area contributed by atoms with Gasteiger partial charge in [-0.25, -0.2) is 14.0 Å². The molecule has 0 atom stereocenters. The Hall–Kier alpha value is -2.55. The summed E-state index contributed by atoms with van der Waals surface area (Å²) in [6.45, 7) is 5.55. The van der Waals surface area contributed by atoms with Crippen molar-refractivity contribution in [3.63, 3.8) is 0 Å². The van der Waals surface area contributed by atoms with Gasteiger partial charge in [0.25, 0.3) is 0 Å². The van der Waals surface area contributed by atoms with Crippen LogP contribution in [0.4, 0.5) is 9.18 Å². The number of hydrogen-bond acceptors (Lipinski definition) is 3. The molecule has 0 spiro atoms. The van der Waals surface area contributed by atoms with Crippen LogP contribution in [-0.2, 0) is 4.74 Å². The average molecular weight is 307 g/mol. The molecule has 22 heavy (non-hydrogen) atoms. The second-order valence-corrected chi connectivity index (χ2v) is 5.48. The molecule has 1 aromatic carbocycles. The highest BCUT2D eigenvalue weighted by Gasteiger charge is 2.15. The zero-order valence-corrected chi connectivity index (χ0v) is 12.7. The van der Waals surface area contributed by atoms with Crippen LogP contribution < -0.4 is 5.32 Å². The highest BCUT2D eigenvalue weighted by molar-refractivity contribution is 5.87. The molecule has 0 radical (unpaired) electrons.